The van der Waals surface area contributed by atoms with Crippen molar-refractivity contribution in [3.63, 3.8) is 0 Å². The smallest absolute Gasteiger partial charge is 0.219 e. The van der Waals surface area contributed by atoms with E-state index >= 15 is 0 Å². The number of nitrogens with zero attached hydrogens (tertiary/aromatic N) is 1. The highest BCUT2D eigenvalue weighted by Gasteiger charge is 2.46. The first-order valence-corrected chi connectivity index (χ1v) is 5.36. The lowest BCUT2D eigenvalue weighted by Crippen LogP contribution is -2.39. The maximum atomic E-state index is 11.2. The Labute approximate surface area is 80.3 Å². The molecule has 1 aliphatic carbocycles. The topological polar surface area (TPSA) is 20.3 Å². The molecular weight excluding hydrogens is 162 g/mol. The predicted molar refractivity (Wildman–Crippen MR) is 52.2 cm³/mol. The van der Waals surface area contributed by atoms with Crippen LogP contribution in [0, 0.1) is 17.8 Å². The van der Waals surface area contributed by atoms with Gasteiger partial charge in [0.25, 0.3) is 0 Å². The average molecular weight is 181 g/mol. The van der Waals surface area contributed by atoms with Gasteiger partial charge in [-0.2, -0.15) is 0 Å². The van der Waals surface area contributed by atoms with Gasteiger partial charge in [0.1, 0.15) is 0 Å². The Morgan fingerprint density at radius 2 is 2.08 bits per heavy atom. The first kappa shape index (κ1) is 9.04. The van der Waals surface area contributed by atoms with E-state index in [1.165, 1.54) is 12.8 Å². The number of fused-ring (bicyclic) bond motifs is 2. The number of hydrogen-bond acceptors (Lipinski definition) is 1. The third-order valence-corrected chi connectivity index (χ3v) is 3.86. The Kier molecular flexibility index (Phi) is 2.09. The van der Waals surface area contributed by atoms with E-state index < -0.39 is 0 Å². The highest BCUT2D eigenvalue weighted by atomic mass is 16.2. The SMILES string of the molecule is CC(=O)N1CC2CC1CC2C(C)C. The Balaban J connectivity index is 2.03. The van der Waals surface area contributed by atoms with Crippen LogP contribution in [-0.4, -0.2) is 23.4 Å². The number of carbonyl (C=O) groups is 1. The molecule has 2 heteroatoms. The van der Waals surface area contributed by atoms with Gasteiger partial charge in [-0.05, 0) is 30.6 Å². The molecule has 13 heavy (non-hydrogen) atoms. The summed E-state index contributed by atoms with van der Waals surface area (Å²) in [6.07, 6.45) is 2.52. The Morgan fingerprint density at radius 3 is 2.46 bits per heavy atom. The van der Waals surface area contributed by atoms with E-state index in [0.29, 0.717) is 6.04 Å². The summed E-state index contributed by atoms with van der Waals surface area (Å²) in [5.74, 6) is 2.74. The minimum atomic E-state index is 0.273. The zero-order chi connectivity index (χ0) is 9.59. The van der Waals surface area contributed by atoms with Crippen molar-refractivity contribution in [2.45, 2.75) is 39.7 Å². The number of rotatable bonds is 1. The van der Waals surface area contributed by atoms with Crippen molar-refractivity contribution < 1.29 is 4.79 Å². The molecule has 3 unspecified atom stereocenters. The van der Waals surface area contributed by atoms with Crippen molar-refractivity contribution in [3.05, 3.63) is 0 Å². The van der Waals surface area contributed by atoms with Gasteiger partial charge < -0.3 is 4.90 Å². The maximum Gasteiger partial charge on any atom is 0.219 e. The summed E-state index contributed by atoms with van der Waals surface area (Å²) >= 11 is 0. The Hall–Kier alpha value is -0.530. The number of likely N-dealkylation sites (tertiary alicyclic amines) is 1. The number of piperidine rings is 1. The maximum absolute atomic E-state index is 11.2. The molecule has 0 aromatic carbocycles. The standard InChI is InChI=1S/C11H19NO/c1-7(2)11-5-10-4-9(11)6-12(10)8(3)13/h7,9-11H,4-6H2,1-3H3. The lowest BCUT2D eigenvalue weighted by Gasteiger charge is -2.32. The zero-order valence-corrected chi connectivity index (χ0v) is 8.79. The average Bonchev–Trinajstić information content (AvgIpc) is 2.60. The van der Waals surface area contributed by atoms with E-state index in [-0.39, 0.29) is 5.91 Å². The monoisotopic (exact) mass is 181 g/mol. The van der Waals surface area contributed by atoms with Crippen molar-refractivity contribution in [1.82, 2.24) is 4.90 Å². The Bertz CT molecular complexity index is 224. The third kappa shape index (κ3) is 1.36. The van der Waals surface area contributed by atoms with Gasteiger partial charge in [0.2, 0.25) is 5.91 Å². The summed E-state index contributed by atoms with van der Waals surface area (Å²) in [5, 5.41) is 0. The molecule has 1 aliphatic heterocycles. The summed E-state index contributed by atoms with van der Waals surface area (Å²) in [4.78, 5) is 13.3. The zero-order valence-electron chi connectivity index (χ0n) is 8.79. The molecule has 2 aliphatic rings. The van der Waals surface area contributed by atoms with Gasteiger partial charge in [0, 0.05) is 19.5 Å². The van der Waals surface area contributed by atoms with Crippen molar-refractivity contribution in [3.8, 4) is 0 Å². The second kappa shape index (κ2) is 3.00. The molecule has 0 N–H and O–H groups in total. The fraction of sp³-hybridized carbons (Fsp3) is 0.909. The summed E-state index contributed by atoms with van der Waals surface area (Å²) in [7, 11) is 0. The van der Waals surface area contributed by atoms with Gasteiger partial charge in [-0.15, -0.1) is 0 Å². The molecule has 2 fully saturated rings. The third-order valence-electron chi connectivity index (χ3n) is 3.86. The first-order valence-electron chi connectivity index (χ1n) is 5.36. The van der Waals surface area contributed by atoms with Gasteiger partial charge in [-0.1, -0.05) is 13.8 Å². The molecule has 3 atom stereocenters. The van der Waals surface area contributed by atoms with Crippen LogP contribution in [-0.2, 0) is 4.79 Å². The first-order chi connectivity index (χ1) is 6.09. The van der Waals surface area contributed by atoms with Crippen LogP contribution in [0.4, 0.5) is 0 Å². The second-order valence-corrected chi connectivity index (χ2v) is 4.96. The molecule has 1 amide bonds. The lowest BCUT2D eigenvalue weighted by molar-refractivity contribution is -0.131. The van der Waals surface area contributed by atoms with Gasteiger partial charge in [-0.3, -0.25) is 4.79 Å². The van der Waals surface area contributed by atoms with E-state index in [4.69, 9.17) is 0 Å². The molecule has 1 saturated heterocycles. The van der Waals surface area contributed by atoms with Gasteiger partial charge in [-0.25, -0.2) is 0 Å². The quantitative estimate of drug-likeness (QED) is 0.605. The van der Waals surface area contributed by atoms with Crippen molar-refractivity contribution in [1.29, 1.82) is 0 Å². The molecule has 0 aromatic heterocycles. The number of carbonyl (C=O) groups excluding carboxylic acids is 1. The van der Waals surface area contributed by atoms with Crippen LogP contribution in [0.5, 0.6) is 0 Å². The highest BCUT2D eigenvalue weighted by molar-refractivity contribution is 5.74. The van der Waals surface area contributed by atoms with Crippen molar-refractivity contribution in [2.75, 3.05) is 6.54 Å². The van der Waals surface area contributed by atoms with Gasteiger partial charge >= 0.3 is 0 Å². The van der Waals surface area contributed by atoms with E-state index in [9.17, 15) is 4.79 Å². The van der Waals surface area contributed by atoms with Crippen LogP contribution in [0.1, 0.15) is 33.6 Å². The van der Waals surface area contributed by atoms with Gasteiger partial charge in [0.15, 0.2) is 0 Å². The van der Waals surface area contributed by atoms with E-state index in [2.05, 4.69) is 18.7 Å². The van der Waals surface area contributed by atoms with Gasteiger partial charge in [0.05, 0.1) is 0 Å². The largest absolute Gasteiger partial charge is 0.340 e. The molecule has 0 spiro atoms. The molecular formula is C11H19NO. The van der Waals surface area contributed by atoms with Crippen molar-refractivity contribution in [2.24, 2.45) is 17.8 Å². The van der Waals surface area contributed by atoms with Crippen molar-refractivity contribution >= 4 is 5.91 Å². The fourth-order valence-electron chi connectivity index (χ4n) is 3.20. The molecule has 1 heterocycles. The van der Waals surface area contributed by atoms with Crippen LogP contribution in [0.25, 0.3) is 0 Å². The minimum absolute atomic E-state index is 0.273. The summed E-state index contributed by atoms with van der Waals surface area (Å²) < 4.78 is 0. The minimum Gasteiger partial charge on any atom is -0.340 e. The lowest BCUT2D eigenvalue weighted by atomic mass is 9.85. The predicted octanol–water partition coefficient (Wildman–Crippen LogP) is 1.90. The van der Waals surface area contributed by atoms with E-state index in [1.54, 1.807) is 6.92 Å². The molecule has 0 radical (unpaired) electrons. The normalized spacial score (nSPS) is 37.5. The molecule has 74 valence electrons. The highest BCUT2D eigenvalue weighted by Crippen LogP contribution is 2.45. The number of hydrogen-bond donors (Lipinski definition) is 0. The van der Waals surface area contributed by atoms with Crippen LogP contribution < -0.4 is 0 Å². The second-order valence-electron chi connectivity index (χ2n) is 4.96. The Morgan fingerprint density at radius 1 is 1.38 bits per heavy atom. The molecule has 0 aromatic rings. The molecule has 1 saturated carbocycles. The fourth-order valence-corrected chi connectivity index (χ4v) is 3.20. The summed E-state index contributed by atoms with van der Waals surface area (Å²) in [6, 6.07) is 0.579. The van der Waals surface area contributed by atoms with E-state index in [0.717, 1.165) is 24.3 Å². The van der Waals surface area contributed by atoms with E-state index in [1.807, 2.05) is 0 Å². The summed E-state index contributed by atoms with van der Waals surface area (Å²) in [5.41, 5.74) is 0. The van der Waals surface area contributed by atoms with Crippen LogP contribution in [0.3, 0.4) is 0 Å². The number of amides is 1. The molecule has 2 rings (SSSR count). The molecule has 2 nitrogen and oxygen atoms in total. The van der Waals surface area contributed by atoms with Crippen LogP contribution >= 0.6 is 0 Å². The summed E-state index contributed by atoms with van der Waals surface area (Å²) in [6.45, 7) is 7.35. The van der Waals surface area contributed by atoms with Crippen LogP contribution in [0.15, 0.2) is 0 Å². The van der Waals surface area contributed by atoms with Crippen LogP contribution in [0.2, 0.25) is 0 Å². The molecule has 2 bridgehead atoms.